The minimum absolute atomic E-state index is 0.0000767. The number of phenolic OH excluding ortho intramolecular Hbond substituents is 2. The monoisotopic (exact) mass is 430 g/mol. The van der Waals surface area contributed by atoms with Crippen molar-refractivity contribution in [3.05, 3.63) is 23.2 Å². The Morgan fingerprint density at radius 3 is 2.71 bits per heavy atom. The van der Waals surface area contributed by atoms with E-state index >= 15 is 0 Å². The molecule has 2 saturated heterocycles. The quantitative estimate of drug-likeness (QED) is 0.189. The second kappa shape index (κ2) is 9.63. The second-order valence-corrected chi connectivity index (χ2v) is 8.19. The Balaban J connectivity index is 1.33. The number of pyridine rings is 1. The van der Waals surface area contributed by atoms with Gasteiger partial charge in [-0.1, -0.05) is 0 Å². The van der Waals surface area contributed by atoms with Gasteiger partial charge in [-0.05, 0) is 31.4 Å². The number of nitrogen functional groups attached to an aromatic ring is 1. The highest BCUT2D eigenvalue weighted by Gasteiger charge is 2.25. The first-order chi connectivity index (χ1) is 15.1. The summed E-state index contributed by atoms with van der Waals surface area (Å²) < 4.78 is 5.73. The first kappa shape index (κ1) is 21.5. The number of hydrogen-bond donors (Lipinski definition) is 3. The van der Waals surface area contributed by atoms with Gasteiger partial charge < -0.3 is 25.6 Å². The van der Waals surface area contributed by atoms with Crippen molar-refractivity contribution in [1.82, 2.24) is 14.8 Å². The number of nitrogens with zero attached hydrogens (tertiary/aromatic N) is 5. The topological polar surface area (TPSA) is 128 Å². The molecular formula is C21H30N6O4. The van der Waals surface area contributed by atoms with Crippen molar-refractivity contribution < 1.29 is 14.9 Å². The van der Waals surface area contributed by atoms with E-state index in [-0.39, 0.29) is 34.9 Å². The lowest BCUT2D eigenvalue weighted by molar-refractivity contribution is 0.0504. The summed E-state index contributed by atoms with van der Waals surface area (Å²) in [6.45, 7) is 6.92. The van der Waals surface area contributed by atoms with Crippen LogP contribution in [-0.2, 0) is 4.74 Å². The van der Waals surface area contributed by atoms with E-state index in [4.69, 9.17) is 10.5 Å². The molecule has 1 aromatic carbocycles. The Labute approximate surface area is 181 Å². The van der Waals surface area contributed by atoms with Crippen LogP contribution in [0.15, 0.2) is 23.6 Å². The summed E-state index contributed by atoms with van der Waals surface area (Å²) in [4.78, 5) is 20.4. The van der Waals surface area contributed by atoms with E-state index in [2.05, 4.69) is 20.1 Å². The molecule has 10 heteroatoms. The number of benzene rings is 1. The molecule has 2 aliphatic heterocycles. The molecule has 0 aliphatic carbocycles. The maximum absolute atomic E-state index is 11.5. The van der Waals surface area contributed by atoms with Crippen molar-refractivity contribution in [2.45, 2.75) is 25.4 Å². The highest BCUT2D eigenvalue weighted by Crippen LogP contribution is 2.46. The SMILES string of the molecule is Nc1c(N(CCCN2CCN(CC3CCCO3)CC2)N=O)c(O)c2ncccc2c1O. The van der Waals surface area contributed by atoms with E-state index in [0.717, 1.165) is 63.7 Å². The number of phenols is 2. The lowest BCUT2D eigenvalue weighted by atomic mass is 10.1. The van der Waals surface area contributed by atoms with Crippen molar-refractivity contribution in [2.24, 2.45) is 5.29 Å². The Morgan fingerprint density at radius 2 is 2.00 bits per heavy atom. The van der Waals surface area contributed by atoms with Crippen LogP contribution in [0.3, 0.4) is 0 Å². The second-order valence-electron chi connectivity index (χ2n) is 8.19. The number of aromatic nitrogens is 1. The van der Waals surface area contributed by atoms with Crippen LogP contribution < -0.4 is 10.7 Å². The molecule has 3 heterocycles. The number of nitrogens with two attached hydrogens (primary N) is 1. The minimum Gasteiger partial charge on any atom is -0.505 e. The number of hydrogen-bond acceptors (Lipinski definition) is 9. The lowest BCUT2D eigenvalue weighted by Gasteiger charge is -2.35. The van der Waals surface area contributed by atoms with Gasteiger partial charge >= 0.3 is 0 Å². The van der Waals surface area contributed by atoms with Gasteiger partial charge in [-0.2, -0.15) is 0 Å². The summed E-state index contributed by atoms with van der Waals surface area (Å²) in [6.07, 6.45) is 4.86. The average Bonchev–Trinajstić information content (AvgIpc) is 3.31. The smallest absolute Gasteiger partial charge is 0.169 e. The summed E-state index contributed by atoms with van der Waals surface area (Å²) >= 11 is 0. The maximum Gasteiger partial charge on any atom is 0.169 e. The van der Waals surface area contributed by atoms with Gasteiger partial charge in [-0.3, -0.25) is 9.88 Å². The molecule has 2 aliphatic rings. The fourth-order valence-electron chi connectivity index (χ4n) is 4.45. The van der Waals surface area contributed by atoms with E-state index in [1.165, 1.54) is 6.20 Å². The molecule has 0 saturated carbocycles. The minimum atomic E-state index is -0.256. The van der Waals surface area contributed by atoms with Gasteiger partial charge in [0, 0.05) is 64.0 Å². The molecule has 4 rings (SSSR count). The number of rotatable bonds is 8. The third-order valence-electron chi connectivity index (χ3n) is 6.17. The van der Waals surface area contributed by atoms with E-state index in [9.17, 15) is 15.1 Å². The first-order valence-corrected chi connectivity index (χ1v) is 10.8. The third-order valence-corrected chi connectivity index (χ3v) is 6.17. The zero-order valence-corrected chi connectivity index (χ0v) is 17.6. The van der Waals surface area contributed by atoms with Crippen molar-refractivity contribution in [3.63, 3.8) is 0 Å². The average molecular weight is 431 g/mol. The highest BCUT2D eigenvalue weighted by atomic mass is 16.5. The van der Waals surface area contributed by atoms with Crippen LogP contribution in [0.1, 0.15) is 19.3 Å². The highest BCUT2D eigenvalue weighted by molar-refractivity contribution is 6.02. The molecule has 2 aromatic rings. The first-order valence-electron chi connectivity index (χ1n) is 10.8. The molecule has 10 nitrogen and oxygen atoms in total. The van der Waals surface area contributed by atoms with Gasteiger partial charge in [-0.15, -0.1) is 4.91 Å². The Kier molecular flexibility index (Phi) is 6.69. The van der Waals surface area contributed by atoms with Crippen LogP contribution >= 0.6 is 0 Å². The molecular weight excluding hydrogens is 400 g/mol. The normalized spacial score (nSPS) is 20.3. The zero-order chi connectivity index (χ0) is 21.8. The van der Waals surface area contributed by atoms with E-state index in [1.54, 1.807) is 12.1 Å². The number of nitroso groups, excluding NO2 is 1. The predicted molar refractivity (Wildman–Crippen MR) is 119 cm³/mol. The molecule has 2 fully saturated rings. The predicted octanol–water partition coefficient (Wildman–Crippen LogP) is 1.90. The van der Waals surface area contributed by atoms with Crippen LogP contribution in [0.2, 0.25) is 0 Å². The Bertz CT molecular complexity index is 912. The van der Waals surface area contributed by atoms with E-state index < -0.39 is 0 Å². The lowest BCUT2D eigenvalue weighted by Crippen LogP contribution is -2.48. The van der Waals surface area contributed by atoms with Crippen molar-refractivity contribution >= 4 is 22.3 Å². The van der Waals surface area contributed by atoms with Gasteiger partial charge in [-0.25, -0.2) is 5.01 Å². The number of anilines is 2. The van der Waals surface area contributed by atoms with E-state index in [1.807, 2.05) is 0 Å². The van der Waals surface area contributed by atoms with Crippen LogP contribution in [0, 0.1) is 4.91 Å². The van der Waals surface area contributed by atoms with Gasteiger partial charge in [0.1, 0.15) is 22.6 Å². The molecule has 0 amide bonds. The third kappa shape index (κ3) is 4.65. The fourth-order valence-corrected chi connectivity index (χ4v) is 4.45. The molecule has 31 heavy (non-hydrogen) atoms. The van der Waals surface area contributed by atoms with Crippen molar-refractivity contribution in [3.8, 4) is 11.5 Å². The molecule has 0 spiro atoms. The Morgan fingerprint density at radius 1 is 1.23 bits per heavy atom. The summed E-state index contributed by atoms with van der Waals surface area (Å²) in [6, 6.07) is 3.24. The summed E-state index contributed by atoms with van der Waals surface area (Å²) in [7, 11) is 0. The fraction of sp³-hybridized carbons (Fsp3) is 0.571. The molecule has 168 valence electrons. The largest absolute Gasteiger partial charge is 0.505 e. The number of aromatic hydroxyl groups is 2. The molecule has 1 atom stereocenters. The zero-order valence-electron chi connectivity index (χ0n) is 17.6. The van der Waals surface area contributed by atoms with Gasteiger partial charge in [0.25, 0.3) is 0 Å². The molecule has 0 bridgehead atoms. The summed E-state index contributed by atoms with van der Waals surface area (Å²) in [5.41, 5.74) is 6.12. The van der Waals surface area contributed by atoms with Gasteiger partial charge in [0.15, 0.2) is 5.75 Å². The summed E-state index contributed by atoms with van der Waals surface area (Å²) in [5, 5.41) is 25.5. The molecule has 4 N–H and O–H groups in total. The maximum atomic E-state index is 11.5. The van der Waals surface area contributed by atoms with Crippen LogP contribution in [0.25, 0.3) is 10.9 Å². The van der Waals surface area contributed by atoms with Crippen molar-refractivity contribution in [1.29, 1.82) is 0 Å². The van der Waals surface area contributed by atoms with Crippen LogP contribution in [0.4, 0.5) is 11.4 Å². The summed E-state index contributed by atoms with van der Waals surface area (Å²) in [5.74, 6) is -0.472. The van der Waals surface area contributed by atoms with Gasteiger partial charge in [0.05, 0.1) is 11.4 Å². The molecule has 0 radical (unpaired) electrons. The van der Waals surface area contributed by atoms with Crippen LogP contribution in [0.5, 0.6) is 11.5 Å². The molecule has 1 aromatic heterocycles. The molecule has 1 unspecified atom stereocenters. The number of fused-ring (bicyclic) bond motifs is 1. The Hall–Kier alpha value is -2.69. The van der Waals surface area contributed by atoms with E-state index in [0.29, 0.717) is 17.9 Å². The number of piperazine rings is 1. The van der Waals surface area contributed by atoms with Crippen LogP contribution in [-0.4, -0.2) is 83.5 Å². The van der Waals surface area contributed by atoms with Crippen molar-refractivity contribution in [2.75, 3.05) is 63.2 Å². The standard InChI is InChI=1S/C21H30N6O4/c22-17-19(21(29)18-16(20(17)28)5-1-6-23-18)27(24-30)8-3-7-25-9-11-26(12-10-25)14-15-4-2-13-31-15/h1,5-6,15,28-29H,2-4,7-14,22H2. The number of ether oxygens (including phenoxy) is 1. The van der Waals surface area contributed by atoms with Gasteiger partial charge in [0.2, 0.25) is 0 Å².